The maximum absolute atomic E-state index is 13.4. The van der Waals surface area contributed by atoms with Crippen molar-refractivity contribution in [2.45, 2.75) is 32.4 Å². The molecule has 7 nitrogen and oxygen atoms in total. The van der Waals surface area contributed by atoms with Gasteiger partial charge in [0.1, 0.15) is 18.2 Å². The Bertz CT molecular complexity index is 1480. The van der Waals surface area contributed by atoms with E-state index in [9.17, 15) is 9.59 Å². The molecule has 3 heterocycles. The van der Waals surface area contributed by atoms with Gasteiger partial charge in [0, 0.05) is 42.8 Å². The van der Waals surface area contributed by atoms with E-state index in [-0.39, 0.29) is 24.2 Å². The van der Waals surface area contributed by atoms with Crippen molar-refractivity contribution in [3.8, 4) is 5.75 Å². The van der Waals surface area contributed by atoms with Gasteiger partial charge in [-0.05, 0) is 61.2 Å². The van der Waals surface area contributed by atoms with Gasteiger partial charge in [-0.2, -0.15) is 0 Å². The maximum Gasteiger partial charge on any atom is 0.228 e. The van der Waals surface area contributed by atoms with Crippen LogP contribution in [0.25, 0.3) is 11.0 Å². The van der Waals surface area contributed by atoms with Crippen LogP contribution in [0.4, 0.5) is 5.69 Å². The molecule has 200 valence electrons. The monoisotopic (exact) mass is 586 g/mol. The van der Waals surface area contributed by atoms with Gasteiger partial charge in [-0.25, -0.2) is 4.98 Å². The molecule has 39 heavy (non-hydrogen) atoms. The standard InChI is InChI=1S/C31H31BrN4O3/c32-24-7-6-8-25(18-24)35-20-23(17-30(35)37)31(38)34-15-13-22(14-16-34)19-36-28-12-5-4-11-27(28)33-29(36)21-39-26-9-2-1-3-10-26/h1-12,18,22-23H,13-17,19-21H2. The van der Waals surface area contributed by atoms with E-state index in [2.05, 4.69) is 26.6 Å². The van der Waals surface area contributed by atoms with Gasteiger partial charge in [-0.3, -0.25) is 9.59 Å². The third-order valence-electron chi connectivity index (χ3n) is 7.81. The highest BCUT2D eigenvalue weighted by Crippen LogP contribution is 2.30. The molecule has 0 saturated carbocycles. The van der Waals surface area contributed by atoms with Crippen LogP contribution in [0.1, 0.15) is 25.1 Å². The molecule has 8 heteroatoms. The summed E-state index contributed by atoms with van der Waals surface area (Å²) in [7, 11) is 0. The zero-order valence-corrected chi connectivity index (χ0v) is 23.3. The van der Waals surface area contributed by atoms with Crippen LogP contribution in [0.2, 0.25) is 0 Å². The number of para-hydroxylation sites is 3. The van der Waals surface area contributed by atoms with Crippen molar-refractivity contribution in [1.82, 2.24) is 14.5 Å². The minimum absolute atomic E-state index is 0.0126. The second-order valence-corrected chi connectivity index (χ2v) is 11.3. The summed E-state index contributed by atoms with van der Waals surface area (Å²) < 4.78 is 9.25. The smallest absolute Gasteiger partial charge is 0.228 e. The van der Waals surface area contributed by atoms with Crippen LogP contribution < -0.4 is 9.64 Å². The number of amides is 2. The Morgan fingerprint density at radius 3 is 2.54 bits per heavy atom. The fourth-order valence-corrected chi connectivity index (χ4v) is 6.11. The molecule has 1 unspecified atom stereocenters. The van der Waals surface area contributed by atoms with E-state index in [0.29, 0.717) is 32.2 Å². The number of anilines is 1. The maximum atomic E-state index is 13.4. The number of ether oxygens (including phenoxy) is 1. The number of carbonyl (C=O) groups is 2. The van der Waals surface area contributed by atoms with Gasteiger partial charge in [0.15, 0.2) is 0 Å². The topological polar surface area (TPSA) is 67.7 Å². The summed E-state index contributed by atoms with van der Waals surface area (Å²) in [5.41, 5.74) is 2.92. The first-order valence-corrected chi connectivity index (χ1v) is 14.3. The summed E-state index contributed by atoms with van der Waals surface area (Å²) in [6.45, 7) is 3.12. The molecule has 0 radical (unpaired) electrons. The molecular formula is C31H31BrN4O3. The van der Waals surface area contributed by atoms with Crippen LogP contribution in [0.5, 0.6) is 5.75 Å². The molecule has 1 atom stereocenters. The van der Waals surface area contributed by atoms with Gasteiger partial charge >= 0.3 is 0 Å². The summed E-state index contributed by atoms with van der Waals surface area (Å²) >= 11 is 3.47. The highest BCUT2D eigenvalue weighted by atomic mass is 79.9. The average Bonchev–Trinajstić information content (AvgIpc) is 3.53. The van der Waals surface area contributed by atoms with Gasteiger partial charge < -0.3 is 19.1 Å². The van der Waals surface area contributed by atoms with Crippen molar-refractivity contribution in [3.63, 3.8) is 0 Å². The Kier molecular flexibility index (Phi) is 7.37. The third-order valence-corrected chi connectivity index (χ3v) is 8.30. The summed E-state index contributed by atoms with van der Waals surface area (Å²) in [4.78, 5) is 34.7. The highest BCUT2D eigenvalue weighted by Gasteiger charge is 2.38. The van der Waals surface area contributed by atoms with Crippen LogP contribution in [0, 0.1) is 11.8 Å². The molecule has 2 saturated heterocycles. The molecule has 6 rings (SSSR count). The average molecular weight is 588 g/mol. The van der Waals surface area contributed by atoms with Gasteiger partial charge in [0.2, 0.25) is 11.8 Å². The fourth-order valence-electron chi connectivity index (χ4n) is 5.72. The van der Waals surface area contributed by atoms with Crippen LogP contribution in [-0.4, -0.2) is 45.9 Å². The first kappa shape index (κ1) is 25.6. The lowest BCUT2D eigenvalue weighted by Gasteiger charge is -2.34. The molecular weight excluding hydrogens is 556 g/mol. The van der Waals surface area contributed by atoms with Gasteiger partial charge in [0.25, 0.3) is 0 Å². The van der Waals surface area contributed by atoms with Gasteiger partial charge in [0.05, 0.1) is 17.0 Å². The lowest BCUT2D eigenvalue weighted by Crippen LogP contribution is -2.43. The quantitative estimate of drug-likeness (QED) is 0.280. The number of aromatic nitrogens is 2. The van der Waals surface area contributed by atoms with E-state index >= 15 is 0 Å². The molecule has 4 aromatic rings. The van der Waals surface area contributed by atoms with E-state index in [1.165, 1.54) is 0 Å². The van der Waals surface area contributed by atoms with E-state index in [1.54, 1.807) is 4.90 Å². The van der Waals surface area contributed by atoms with Gasteiger partial charge in [-0.1, -0.05) is 52.3 Å². The summed E-state index contributed by atoms with van der Waals surface area (Å²) in [6.07, 6.45) is 2.12. The van der Waals surface area contributed by atoms with Gasteiger partial charge in [-0.15, -0.1) is 0 Å². The second kappa shape index (κ2) is 11.2. The van der Waals surface area contributed by atoms with E-state index in [0.717, 1.165) is 52.2 Å². The minimum Gasteiger partial charge on any atom is -0.486 e. The number of fused-ring (bicyclic) bond motifs is 1. The minimum atomic E-state index is -0.285. The predicted octanol–water partition coefficient (Wildman–Crippen LogP) is 5.67. The Morgan fingerprint density at radius 2 is 1.74 bits per heavy atom. The first-order chi connectivity index (χ1) is 19.0. The van der Waals surface area contributed by atoms with E-state index < -0.39 is 0 Å². The SMILES string of the molecule is O=C(C1CC(=O)N(c2cccc(Br)c2)C1)N1CCC(Cn2c(COc3ccccc3)nc3ccccc32)CC1. The number of hydrogen-bond acceptors (Lipinski definition) is 4. The third kappa shape index (κ3) is 5.57. The number of benzene rings is 3. The van der Waals surface area contributed by atoms with Crippen molar-refractivity contribution in [3.05, 3.63) is 89.2 Å². The summed E-state index contributed by atoms with van der Waals surface area (Å²) in [5, 5.41) is 0. The highest BCUT2D eigenvalue weighted by molar-refractivity contribution is 9.10. The molecule has 2 aliphatic heterocycles. The van der Waals surface area contributed by atoms with Crippen LogP contribution in [-0.2, 0) is 22.7 Å². The fraction of sp³-hybridized carbons (Fsp3) is 0.323. The largest absolute Gasteiger partial charge is 0.486 e. The summed E-state index contributed by atoms with van der Waals surface area (Å²) in [6, 6.07) is 25.7. The Balaban J connectivity index is 1.09. The molecule has 2 aliphatic rings. The Labute approximate surface area is 236 Å². The molecule has 2 fully saturated rings. The molecule has 0 spiro atoms. The number of nitrogens with zero attached hydrogens (tertiary/aromatic N) is 4. The normalized spacial score (nSPS) is 18.2. The number of piperidine rings is 1. The first-order valence-electron chi connectivity index (χ1n) is 13.5. The summed E-state index contributed by atoms with van der Waals surface area (Å²) in [5.74, 6) is 2.00. The van der Waals surface area contributed by atoms with Crippen LogP contribution >= 0.6 is 15.9 Å². The molecule has 0 aliphatic carbocycles. The Hall–Kier alpha value is -3.65. The lowest BCUT2D eigenvalue weighted by molar-refractivity contribution is -0.137. The predicted molar refractivity (Wildman–Crippen MR) is 154 cm³/mol. The van der Waals surface area contributed by atoms with Crippen molar-refractivity contribution < 1.29 is 14.3 Å². The number of halogens is 1. The Morgan fingerprint density at radius 1 is 0.974 bits per heavy atom. The zero-order valence-electron chi connectivity index (χ0n) is 21.7. The van der Waals surface area contributed by atoms with Crippen molar-refractivity contribution in [2.75, 3.05) is 24.5 Å². The van der Waals surface area contributed by atoms with E-state index in [1.807, 2.05) is 77.7 Å². The second-order valence-electron chi connectivity index (χ2n) is 10.4. The van der Waals surface area contributed by atoms with Crippen LogP contribution in [0.3, 0.4) is 0 Å². The zero-order chi connectivity index (χ0) is 26.8. The molecule has 2 amide bonds. The van der Waals surface area contributed by atoms with Crippen molar-refractivity contribution in [1.29, 1.82) is 0 Å². The molecule has 1 aromatic heterocycles. The number of hydrogen-bond donors (Lipinski definition) is 0. The van der Waals surface area contributed by atoms with Crippen LogP contribution in [0.15, 0.2) is 83.3 Å². The van der Waals surface area contributed by atoms with Crippen molar-refractivity contribution >= 4 is 44.5 Å². The van der Waals surface area contributed by atoms with E-state index in [4.69, 9.17) is 9.72 Å². The molecule has 3 aromatic carbocycles. The molecule has 0 bridgehead atoms. The molecule has 0 N–H and O–H groups in total. The lowest BCUT2D eigenvalue weighted by atomic mass is 9.95. The number of rotatable bonds is 7. The number of imidazole rings is 1. The van der Waals surface area contributed by atoms with Crippen molar-refractivity contribution in [2.24, 2.45) is 11.8 Å². The number of likely N-dealkylation sites (tertiary alicyclic amines) is 1. The number of carbonyl (C=O) groups excluding carboxylic acids is 2.